The Labute approximate surface area is 226 Å². The van der Waals surface area contributed by atoms with Crippen molar-refractivity contribution in [1.82, 2.24) is 15.0 Å². The van der Waals surface area contributed by atoms with Gasteiger partial charge in [0.2, 0.25) is 0 Å². The summed E-state index contributed by atoms with van der Waals surface area (Å²) >= 11 is 0. The van der Waals surface area contributed by atoms with Crippen LogP contribution in [0.2, 0.25) is 0 Å². The van der Waals surface area contributed by atoms with Gasteiger partial charge in [0.15, 0.2) is 0 Å². The van der Waals surface area contributed by atoms with E-state index in [2.05, 4.69) is 101 Å². The number of rotatable bonds is 2. The molecule has 8 rings (SSSR count). The van der Waals surface area contributed by atoms with Gasteiger partial charge >= 0.3 is 0 Å². The Morgan fingerprint density at radius 2 is 1.38 bits per heavy atom. The first-order valence-electron chi connectivity index (χ1n) is 13.6. The number of aryl methyl sites for hydroxylation is 2. The van der Waals surface area contributed by atoms with Crippen LogP contribution in [0.25, 0.3) is 66.1 Å². The molecule has 0 saturated heterocycles. The normalized spacial score (nSPS) is 12.8. The van der Waals surface area contributed by atoms with Crippen molar-refractivity contribution in [3.8, 4) is 33.5 Å². The average Bonchev–Trinajstić information content (AvgIpc) is 3.19. The topological polar surface area (TPSA) is 38.7 Å². The van der Waals surface area contributed by atoms with E-state index in [0.717, 1.165) is 57.7 Å². The molecule has 7 aromatic rings. The van der Waals surface area contributed by atoms with Gasteiger partial charge in [-0.1, -0.05) is 66.7 Å². The molecule has 0 amide bonds. The van der Waals surface area contributed by atoms with Crippen LogP contribution in [0.5, 0.6) is 0 Å². The highest BCUT2D eigenvalue weighted by molar-refractivity contribution is 6.03. The Balaban J connectivity index is 1.33. The summed E-state index contributed by atoms with van der Waals surface area (Å²) in [5.41, 5.74) is 12.0. The van der Waals surface area contributed by atoms with E-state index in [1.165, 1.54) is 38.8 Å². The van der Waals surface area contributed by atoms with Gasteiger partial charge in [-0.15, -0.1) is 0 Å². The van der Waals surface area contributed by atoms with Gasteiger partial charge in [-0.3, -0.25) is 9.97 Å². The predicted molar refractivity (Wildman–Crippen MR) is 161 cm³/mol. The quantitative estimate of drug-likeness (QED) is 0.223. The lowest BCUT2D eigenvalue weighted by Gasteiger charge is -2.17. The molecule has 0 bridgehead atoms. The van der Waals surface area contributed by atoms with E-state index in [9.17, 15) is 0 Å². The molecule has 184 valence electrons. The maximum absolute atomic E-state index is 5.15. The molecule has 3 aromatic heterocycles. The monoisotopic (exact) mass is 499 g/mol. The summed E-state index contributed by atoms with van der Waals surface area (Å²) in [6.45, 7) is 0. The third-order valence-corrected chi connectivity index (χ3v) is 8.10. The van der Waals surface area contributed by atoms with E-state index in [1.54, 1.807) is 0 Å². The maximum atomic E-state index is 5.15. The molecule has 0 unspecified atom stereocenters. The molecule has 1 aliphatic carbocycles. The van der Waals surface area contributed by atoms with E-state index in [4.69, 9.17) is 4.98 Å². The second-order valence-electron chi connectivity index (χ2n) is 10.4. The molecule has 3 nitrogen and oxygen atoms in total. The minimum atomic E-state index is 0.950. The van der Waals surface area contributed by atoms with Crippen LogP contribution in [0, 0.1) is 0 Å². The SMILES string of the molecule is c1cc2c(c(-c3ccc4cnccc4c3)c1)-c1cc(-c3ccc4ccc5cccnc5c4n3)ccc1CCC2. The van der Waals surface area contributed by atoms with Gasteiger partial charge in [0.05, 0.1) is 16.7 Å². The summed E-state index contributed by atoms with van der Waals surface area (Å²) in [5.74, 6) is 0. The van der Waals surface area contributed by atoms with Gasteiger partial charge in [-0.25, -0.2) is 4.98 Å². The molecule has 0 radical (unpaired) electrons. The maximum Gasteiger partial charge on any atom is 0.0972 e. The van der Waals surface area contributed by atoms with E-state index in [1.807, 2.05) is 24.7 Å². The molecule has 0 N–H and O–H groups in total. The number of nitrogens with zero attached hydrogens (tertiary/aromatic N) is 3. The smallest absolute Gasteiger partial charge is 0.0972 e. The summed E-state index contributed by atoms with van der Waals surface area (Å²) in [7, 11) is 0. The van der Waals surface area contributed by atoms with Gasteiger partial charge in [0, 0.05) is 40.3 Å². The standard InChI is InChI=1S/C36H25N3/c1-4-23-9-13-29(33-16-15-26-11-10-25-7-3-18-38-35(25)36(26)39-33)21-32(23)34-24(5-1)6-2-8-31(34)28-12-14-30-22-37-19-17-27(30)20-28/h2-3,6-22H,1,4-5H2. The van der Waals surface area contributed by atoms with Gasteiger partial charge in [0.25, 0.3) is 0 Å². The lowest BCUT2D eigenvalue weighted by Crippen LogP contribution is -1.94. The molecular formula is C36H25N3. The molecule has 0 fully saturated rings. The molecule has 4 aromatic carbocycles. The van der Waals surface area contributed by atoms with Gasteiger partial charge in [0.1, 0.15) is 0 Å². The summed E-state index contributed by atoms with van der Waals surface area (Å²) in [5, 5.41) is 4.60. The van der Waals surface area contributed by atoms with Gasteiger partial charge < -0.3 is 0 Å². The molecule has 0 spiro atoms. The Hall–Kier alpha value is -4.89. The summed E-state index contributed by atoms with van der Waals surface area (Å²) in [6, 6.07) is 35.1. The van der Waals surface area contributed by atoms with E-state index < -0.39 is 0 Å². The third kappa shape index (κ3) is 3.70. The largest absolute Gasteiger partial charge is 0.264 e. The first kappa shape index (κ1) is 22.1. The van der Waals surface area contributed by atoms with Crippen molar-refractivity contribution in [2.45, 2.75) is 19.3 Å². The highest BCUT2D eigenvalue weighted by atomic mass is 14.7. The molecule has 3 heteroatoms. The van der Waals surface area contributed by atoms with Crippen molar-refractivity contribution < 1.29 is 0 Å². The third-order valence-electron chi connectivity index (χ3n) is 8.10. The van der Waals surface area contributed by atoms with Gasteiger partial charge in [-0.05, 0) is 88.4 Å². The number of benzene rings is 4. The molecule has 0 saturated carbocycles. The second kappa shape index (κ2) is 8.85. The van der Waals surface area contributed by atoms with Crippen LogP contribution in [0.4, 0.5) is 0 Å². The number of hydrogen-bond acceptors (Lipinski definition) is 3. The molecule has 0 atom stereocenters. The Kier molecular flexibility index (Phi) is 5.02. The number of pyridine rings is 3. The number of fused-ring (bicyclic) bond motifs is 7. The number of aromatic nitrogens is 3. The molecular weight excluding hydrogens is 474 g/mol. The van der Waals surface area contributed by atoms with Crippen molar-refractivity contribution >= 4 is 32.6 Å². The van der Waals surface area contributed by atoms with Crippen molar-refractivity contribution in [3.63, 3.8) is 0 Å². The molecule has 39 heavy (non-hydrogen) atoms. The zero-order valence-corrected chi connectivity index (χ0v) is 21.4. The second-order valence-corrected chi connectivity index (χ2v) is 10.4. The zero-order chi connectivity index (χ0) is 25.8. The van der Waals surface area contributed by atoms with Crippen LogP contribution in [0.1, 0.15) is 17.5 Å². The summed E-state index contributed by atoms with van der Waals surface area (Å²) < 4.78 is 0. The summed E-state index contributed by atoms with van der Waals surface area (Å²) in [4.78, 5) is 14.1. The van der Waals surface area contributed by atoms with Crippen LogP contribution in [0.3, 0.4) is 0 Å². The van der Waals surface area contributed by atoms with Crippen molar-refractivity contribution in [2.24, 2.45) is 0 Å². The minimum absolute atomic E-state index is 0.950. The van der Waals surface area contributed by atoms with Crippen LogP contribution in [-0.4, -0.2) is 15.0 Å². The predicted octanol–water partition coefficient (Wildman–Crippen LogP) is 8.82. The Bertz CT molecular complexity index is 2060. The highest BCUT2D eigenvalue weighted by Gasteiger charge is 2.20. The lowest BCUT2D eigenvalue weighted by molar-refractivity contribution is 0.835. The fourth-order valence-corrected chi connectivity index (χ4v) is 6.16. The van der Waals surface area contributed by atoms with E-state index in [-0.39, 0.29) is 0 Å². The fraction of sp³-hybridized carbons (Fsp3) is 0.0833. The number of hydrogen-bond donors (Lipinski definition) is 0. The zero-order valence-electron chi connectivity index (χ0n) is 21.4. The van der Waals surface area contributed by atoms with Crippen LogP contribution in [-0.2, 0) is 12.8 Å². The molecule has 3 heterocycles. The van der Waals surface area contributed by atoms with Crippen molar-refractivity contribution in [3.05, 3.63) is 127 Å². The lowest BCUT2D eigenvalue weighted by atomic mass is 9.87. The Morgan fingerprint density at radius 3 is 2.36 bits per heavy atom. The molecule has 1 aliphatic rings. The highest BCUT2D eigenvalue weighted by Crippen LogP contribution is 2.42. The van der Waals surface area contributed by atoms with E-state index in [0.29, 0.717) is 0 Å². The fourth-order valence-electron chi connectivity index (χ4n) is 6.16. The first-order valence-corrected chi connectivity index (χ1v) is 13.6. The van der Waals surface area contributed by atoms with Crippen LogP contribution < -0.4 is 0 Å². The van der Waals surface area contributed by atoms with Crippen molar-refractivity contribution in [1.29, 1.82) is 0 Å². The Morgan fingerprint density at radius 1 is 0.538 bits per heavy atom. The van der Waals surface area contributed by atoms with Crippen LogP contribution in [0.15, 0.2) is 116 Å². The average molecular weight is 500 g/mol. The minimum Gasteiger partial charge on any atom is -0.264 e. The van der Waals surface area contributed by atoms with E-state index >= 15 is 0 Å². The van der Waals surface area contributed by atoms with Gasteiger partial charge in [-0.2, -0.15) is 0 Å². The molecule has 0 aliphatic heterocycles. The first-order chi connectivity index (χ1) is 19.3. The van der Waals surface area contributed by atoms with Crippen LogP contribution >= 0.6 is 0 Å². The van der Waals surface area contributed by atoms with Crippen molar-refractivity contribution in [2.75, 3.05) is 0 Å². The summed E-state index contributed by atoms with van der Waals surface area (Å²) in [6.07, 6.45) is 8.96.